The fraction of sp³-hybridized carbons (Fsp3) is 0.923. The Kier molecular flexibility index (Phi) is 7.23. The highest BCUT2D eigenvalue weighted by atomic mass is 16.5. The van der Waals surface area contributed by atoms with Gasteiger partial charge in [0.1, 0.15) is 0 Å². The number of hydrogen-bond donors (Lipinski definition) is 1. The highest BCUT2D eigenvalue weighted by Crippen LogP contribution is 2.18. The number of likely N-dealkylation sites (tertiary alicyclic amines) is 1. The monoisotopic (exact) mass is 258 g/mol. The number of piperidine rings is 1. The van der Waals surface area contributed by atoms with Gasteiger partial charge in [0.05, 0.1) is 19.3 Å². The largest absolute Gasteiger partial charge is 0.465 e. The summed E-state index contributed by atoms with van der Waals surface area (Å²) in [6.07, 6.45) is 4.09. The fourth-order valence-corrected chi connectivity index (χ4v) is 2.27. The minimum atomic E-state index is -0.141. The lowest BCUT2D eigenvalue weighted by Crippen LogP contribution is -2.50. The third-order valence-corrected chi connectivity index (χ3v) is 3.49. The van der Waals surface area contributed by atoms with Gasteiger partial charge in [0.15, 0.2) is 0 Å². The van der Waals surface area contributed by atoms with Gasteiger partial charge in [-0.1, -0.05) is 13.3 Å². The van der Waals surface area contributed by atoms with Crippen molar-refractivity contribution in [2.75, 3.05) is 33.4 Å². The van der Waals surface area contributed by atoms with Crippen molar-refractivity contribution in [2.45, 2.75) is 44.8 Å². The second kappa shape index (κ2) is 8.45. The van der Waals surface area contributed by atoms with E-state index in [1.165, 1.54) is 0 Å². The van der Waals surface area contributed by atoms with Crippen LogP contribution in [-0.4, -0.2) is 56.4 Å². The summed E-state index contributed by atoms with van der Waals surface area (Å²) >= 11 is 0. The maximum absolute atomic E-state index is 11.7. The van der Waals surface area contributed by atoms with Crippen molar-refractivity contribution >= 4 is 5.97 Å². The molecular formula is C13H26N2O3. The molecular weight excluding hydrogens is 232 g/mol. The molecule has 106 valence electrons. The van der Waals surface area contributed by atoms with E-state index in [9.17, 15) is 4.79 Å². The van der Waals surface area contributed by atoms with E-state index in [-0.39, 0.29) is 18.1 Å². The van der Waals surface area contributed by atoms with Crippen LogP contribution in [0.25, 0.3) is 0 Å². The maximum atomic E-state index is 11.7. The molecule has 2 atom stereocenters. The van der Waals surface area contributed by atoms with Gasteiger partial charge in [0, 0.05) is 26.2 Å². The molecule has 1 saturated heterocycles. The molecule has 0 saturated carbocycles. The van der Waals surface area contributed by atoms with Crippen LogP contribution in [0.5, 0.6) is 0 Å². The molecule has 0 aromatic rings. The number of carbonyl (C=O) groups excluding carboxylic acids is 1. The van der Waals surface area contributed by atoms with Crippen LogP contribution in [0.4, 0.5) is 0 Å². The Labute approximate surface area is 110 Å². The number of esters is 1. The summed E-state index contributed by atoms with van der Waals surface area (Å²) < 4.78 is 10.5. The van der Waals surface area contributed by atoms with E-state index in [1.54, 1.807) is 7.11 Å². The van der Waals surface area contributed by atoms with Gasteiger partial charge in [0.2, 0.25) is 0 Å². The van der Waals surface area contributed by atoms with Crippen molar-refractivity contribution in [1.29, 1.82) is 0 Å². The summed E-state index contributed by atoms with van der Waals surface area (Å²) in [5.41, 5.74) is 5.76. The number of rotatable bonds is 7. The zero-order valence-corrected chi connectivity index (χ0v) is 11.6. The molecule has 1 rings (SSSR count). The van der Waals surface area contributed by atoms with Gasteiger partial charge >= 0.3 is 5.97 Å². The quantitative estimate of drug-likeness (QED) is 0.540. The first-order chi connectivity index (χ1) is 8.71. The molecule has 1 aliphatic heterocycles. The molecule has 0 aromatic heterocycles. The van der Waals surface area contributed by atoms with Gasteiger partial charge in [-0.05, 0) is 19.3 Å². The van der Waals surface area contributed by atoms with Gasteiger partial charge in [-0.2, -0.15) is 0 Å². The van der Waals surface area contributed by atoms with Crippen molar-refractivity contribution in [3.8, 4) is 0 Å². The Hall–Kier alpha value is -0.650. The molecule has 0 aliphatic carbocycles. The van der Waals surface area contributed by atoms with Crippen LogP contribution in [-0.2, 0) is 14.3 Å². The summed E-state index contributed by atoms with van der Waals surface area (Å²) in [5.74, 6) is -0.141. The fourth-order valence-electron chi connectivity index (χ4n) is 2.27. The predicted octanol–water partition coefficient (Wildman–Crippen LogP) is 0.768. The highest BCUT2D eigenvalue weighted by Gasteiger charge is 2.28. The molecule has 5 nitrogen and oxygen atoms in total. The minimum absolute atomic E-state index is 0.141. The van der Waals surface area contributed by atoms with E-state index in [0.717, 1.165) is 32.2 Å². The predicted molar refractivity (Wildman–Crippen MR) is 70.3 cm³/mol. The molecule has 2 N–H and O–H groups in total. The maximum Gasteiger partial charge on any atom is 0.320 e. The highest BCUT2D eigenvalue weighted by molar-refractivity contribution is 5.71. The Balaban J connectivity index is 2.33. The lowest BCUT2D eigenvalue weighted by Gasteiger charge is -2.37. The van der Waals surface area contributed by atoms with Crippen LogP contribution >= 0.6 is 0 Å². The van der Waals surface area contributed by atoms with Gasteiger partial charge in [-0.25, -0.2) is 0 Å². The van der Waals surface area contributed by atoms with Gasteiger partial charge in [0.25, 0.3) is 0 Å². The van der Waals surface area contributed by atoms with Crippen LogP contribution in [0.2, 0.25) is 0 Å². The molecule has 0 aromatic carbocycles. The van der Waals surface area contributed by atoms with Crippen LogP contribution in [0.15, 0.2) is 0 Å². The van der Waals surface area contributed by atoms with Gasteiger partial charge in [-0.15, -0.1) is 0 Å². The Morgan fingerprint density at radius 1 is 1.50 bits per heavy atom. The average molecular weight is 258 g/mol. The van der Waals surface area contributed by atoms with Gasteiger partial charge < -0.3 is 15.2 Å². The van der Waals surface area contributed by atoms with Crippen molar-refractivity contribution < 1.29 is 14.3 Å². The second-order valence-electron chi connectivity index (χ2n) is 4.82. The molecule has 1 heterocycles. The van der Waals surface area contributed by atoms with Crippen molar-refractivity contribution in [2.24, 2.45) is 5.73 Å². The summed E-state index contributed by atoms with van der Waals surface area (Å²) in [7, 11) is 1.73. The summed E-state index contributed by atoms with van der Waals surface area (Å²) in [4.78, 5) is 13.8. The molecule has 1 aliphatic rings. The SMILES string of the molecule is CCCCOC(=O)CN1CCC(OC)CC1CN. The van der Waals surface area contributed by atoms with Crippen molar-refractivity contribution in [1.82, 2.24) is 4.90 Å². The number of nitrogens with zero attached hydrogens (tertiary/aromatic N) is 1. The minimum Gasteiger partial charge on any atom is -0.465 e. The third kappa shape index (κ3) is 4.92. The molecule has 5 heteroatoms. The molecule has 0 radical (unpaired) electrons. The number of nitrogens with two attached hydrogens (primary N) is 1. The first kappa shape index (κ1) is 15.4. The number of carbonyl (C=O) groups is 1. The van der Waals surface area contributed by atoms with E-state index in [1.807, 2.05) is 0 Å². The average Bonchev–Trinajstić information content (AvgIpc) is 2.39. The van der Waals surface area contributed by atoms with Crippen molar-refractivity contribution in [3.05, 3.63) is 0 Å². The molecule has 2 unspecified atom stereocenters. The molecule has 0 spiro atoms. The van der Waals surface area contributed by atoms with E-state index < -0.39 is 0 Å². The second-order valence-corrected chi connectivity index (χ2v) is 4.82. The Morgan fingerprint density at radius 3 is 2.89 bits per heavy atom. The smallest absolute Gasteiger partial charge is 0.320 e. The van der Waals surface area contributed by atoms with Crippen LogP contribution in [0.3, 0.4) is 0 Å². The Morgan fingerprint density at radius 2 is 2.28 bits per heavy atom. The van der Waals surface area contributed by atoms with E-state index in [2.05, 4.69) is 11.8 Å². The van der Waals surface area contributed by atoms with E-state index in [0.29, 0.717) is 19.7 Å². The topological polar surface area (TPSA) is 64.8 Å². The van der Waals surface area contributed by atoms with E-state index >= 15 is 0 Å². The zero-order valence-electron chi connectivity index (χ0n) is 11.6. The molecule has 0 amide bonds. The molecule has 0 bridgehead atoms. The lowest BCUT2D eigenvalue weighted by molar-refractivity contribution is -0.146. The first-order valence-corrected chi connectivity index (χ1v) is 6.83. The van der Waals surface area contributed by atoms with Gasteiger partial charge in [-0.3, -0.25) is 9.69 Å². The first-order valence-electron chi connectivity index (χ1n) is 6.83. The number of methoxy groups -OCH3 is 1. The normalized spacial score (nSPS) is 25.1. The Bertz CT molecular complexity index is 248. The summed E-state index contributed by atoms with van der Waals surface area (Å²) in [6, 6.07) is 0.224. The number of hydrogen-bond acceptors (Lipinski definition) is 5. The zero-order chi connectivity index (χ0) is 13.4. The summed E-state index contributed by atoms with van der Waals surface area (Å²) in [5, 5.41) is 0. The number of unbranched alkanes of at least 4 members (excludes halogenated alkanes) is 1. The molecule has 1 fully saturated rings. The standard InChI is InChI=1S/C13H26N2O3/c1-3-4-7-18-13(16)10-15-6-5-12(17-2)8-11(15)9-14/h11-12H,3-10,14H2,1-2H3. The van der Waals surface area contributed by atoms with Crippen LogP contribution < -0.4 is 5.73 Å². The van der Waals surface area contributed by atoms with Crippen LogP contribution in [0.1, 0.15) is 32.6 Å². The third-order valence-electron chi connectivity index (χ3n) is 3.49. The van der Waals surface area contributed by atoms with Crippen molar-refractivity contribution in [3.63, 3.8) is 0 Å². The number of ether oxygens (including phenoxy) is 2. The van der Waals surface area contributed by atoms with E-state index in [4.69, 9.17) is 15.2 Å². The van der Waals surface area contributed by atoms with Crippen LogP contribution in [0, 0.1) is 0 Å². The lowest BCUT2D eigenvalue weighted by atomic mass is 9.99. The molecule has 18 heavy (non-hydrogen) atoms. The summed E-state index contributed by atoms with van der Waals surface area (Å²) in [6.45, 7) is 4.36.